The Bertz CT molecular complexity index is 552. The zero-order valence-electron chi connectivity index (χ0n) is 10.1. The number of hydrogen-bond acceptors (Lipinski definition) is 2. The number of nitrogens with one attached hydrogen (secondary N) is 1. The molecule has 2 nitrogen and oxygen atoms in total. The minimum Gasteiger partial charge on any atom is -0.379 e. The Morgan fingerprint density at radius 1 is 1.17 bits per heavy atom. The number of benzene rings is 2. The van der Waals surface area contributed by atoms with E-state index in [0.717, 1.165) is 5.56 Å². The van der Waals surface area contributed by atoms with Gasteiger partial charge in [-0.2, -0.15) is 0 Å². The topological polar surface area (TPSA) is 29.1 Å². The molecule has 0 fully saturated rings. The van der Waals surface area contributed by atoms with E-state index in [9.17, 15) is 9.18 Å². The highest BCUT2D eigenvalue weighted by atomic mass is 19.1. The molecule has 0 unspecified atom stereocenters. The maximum Gasteiger partial charge on any atom is 0.159 e. The van der Waals surface area contributed by atoms with Gasteiger partial charge < -0.3 is 5.32 Å². The van der Waals surface area contributed by atoms with Gasteiger partial charge in [0.25, 0.3) is 0 Å². The molecule has 2 rings (SSSR count). The first-order valence-corrected chi connectivity index (χ1v) is 5.75. The summed E-state index contributed by atoms with van der Waals surface area (Å²) in [4.78, 5) is 11.1. The molecule has 0 amide bonds. The summed E-state index contributed by atoms with van der Waals surface area (Å²) in [7, 11) is 0. The molecule has 2 aromatic rings. The fourth-order valence-corrected chi connectivity index (χ4v) is 1.67. The lowest BCUT2D eigenvalue weighted by Gasteiger charge is -2.08. The second-order valence-electron chi connectivity index (χ2n) is 4.09. The zero-order chi connectivity index (χ0) is 13.0. The van der Waals surface area contributed by atoms with Gasteiger partial charge in [-0.1, -0.05) is 30.3 Å². The maximum atomic E-state index is 13.7. The van der Waals surface area contributed by atoms with E-state index in [1.165, 1.54) is 13.0 Å². The van der Waals surface area contributed by atoms with E-state index >= 15 is 0 Å². The molecule has 0 aliphatic carbocycles. The molecule has 0 heterocycles. The molecular weight excluding hydrogens is 229 g/mol. The van der Waals surface area contributed by atoms with Crippen molar-refractivity contribution in [2.75, 3.05) is 5.32 Å². The standard InChI is InChI=1S/C15H14FNO/c1-11(18)13-7-8-15(14(16)9-13)17-10-12-5-3-2-4-6-12/h2-9,17H,10H2,1H3. The van der Waals surface area contributed by atoms with Crippen molar-refractivity contribution in [3.05, 3.63) is 65.5 Å². The number of halogens is 1. The SMILES string of the molecule is CC(=O)c1ccc(NCc2ccccc2)c(F)c1. The van der Waals surface area contributed by atoms with Crippen molar-refractivity contribution in [1.82, 2.24) is 0 Å². The molecule has 0 aliphatic rings. The summed E-state index contributed by atoms with van der Waals surface area (Å²) < 4.78 is 13.7. The second-order valence-corrected chi connectivity index (χ2v) is 4.09. The third-order valence-electron chi connectivity index (χ3n) is 2.70. The number of rotatable bonds is 4. The third-order valence-corrected chi connectivity index (χ3v) is 2.70. The molecule has 0 atom stereocenters. The van der Waals surface area contributed by atoms with Crippen molar-refractivity contribution in [2.24, 2.45) is 0 Å². The predicted molar refractivity (Wildman–Crippen MR) is 70.2 cm³/mol. The number of Topliss-reactive ketones (excluding diaryl/α,β-unsaturated/α-hetero) is 1. The highest BCUT2D eigenvalue weighted by molar-refractivity contribution is 5.94. The van der Waals surface area contributed by atoms with Crippen LogP contribution in [0.1, 0.15) is 22.8 Å². The van der Waals surface area contributed by atoms with Gasteiger partial charge in [0, 0.05) is 12.1 Å². The van der Waals surface area contributed by atoms with Crippen LogP contribution in [0, 0.1) is 5.82 Å². The molecule has 3 heteroatoms. The maximum absolute atomic E-state index is 13.7. The monoisotopic (exact) mass is 243 g/mol. The van der Waals surface area contributed by atoms with E-state index in [1.807, 2.05) is 30.3 Å². The first kappa shape index (κ1) is 12.3. The molecule has 2 aromatic carbocycles. The van der Waals surface area contributed by atoms with Crippen LogP contribution in [-0.2, 0) is 6.54 Å². The summed E-state index contributed by atoms with van der Waals surface area (Å²) in [6.07, 6.45) is 0. The van der Waals surface area contributed by atoms with Crippen molar-refractivity contribution >= 4 is 11.5 Å². The summed E-state index contributed by atoms with van der Waals surface area (Å²) in [5.41, 5.74) is 1.87. The number of carbonyl (C=O) groups is 1. The van der Waals surface area contributed by atoms with E-state index in [2.05, 4.69) is 5.32 Å². The minimum atomic E-state index is -0.404. The van der Waals surface area contributed by atoms with E-state index in [4.69, 9.17) is 0 Å². The summed E-state index contributed by atoms with van der Waals surface area (Å²) in [6, 6.07) is 14.2. The minimum absolute atomic E-state index is 0.136. The fraction of sp³-hybridized carbons (Fsp3) is 0.133. The first-order valence-electron chi connectivity index (χ1n) is 5.75. The van der Waals surface area contributed by atoms with E-state index < -0.39 is 5.82 Å². The molecule has 18 heavy (non-hydrogen) atoms. The molecule has 0 saturated heterocycles. The van der Waals surface area contributed by atoms with E-state index in [1.54, 1.807) is 12.1 Å². The van der Waals surface area contributed by atoms with Gasteiger partial charge in [0.2, 0.25) is 0 Å². The number of hydrogen-bond donors (Lipinski definition) is 1. The van der Waals surface area contributed by atoms with Crippen molar-refractivity contribution in [3.63, 3.8) is 0 Å². The van der Waals surface area contributed by atoms with Crippen LogP contribution >= 0.6 is 0 Å². The van der Waals surface area contributed by atoms with Gasteiger partial charge in [0.1, 0.15) is 5.82 Å². The lowest BCUT2D eigenvalue weighted by Crippen LogP contribution is -2.02. The van der Waals surface area contributed by atoms with Gasteiger partial charge in [-0.05, 0) is 30.7 Å². The normalized spacial score (nSPS) is 10.1. The van der Waals surface area contributed by atoms with Crippen molar-refractivity contribution in [1.29, 1.82) is 0 Å². The Hall–Kier alpha value is -2.16. The van der Waals surface area contributed by atoms with Gasteiger partial charge >= 0.3 is 0 Å². The van der Waals surface area contributed by atoms with Gasteiger partial charge in [-0.15, -0.1) is 0 Å². The molecular formula is C15H14FNO. The Labute approximate surface area is 105 Å². The second kappa shape index (κ2) is 5.45. The highest BCUT2D eigenvalue weighted by Gasteiger charge is 2.05. The Morgan fingerprint density at radius 2 is 1.89 bits per heavy atom. The van der Waals surface area contributed by atoms with Crippen LogP contribution in [-0.4, -0.2) is 5.78 Å². The summed E-state index contributed by atoms with van der Waals surface area (Å²) in [5, 5.41) is 3.01. The van der Waals surface area contributed by atoms with Crippen molar-refractivity contribution in [2.45, 2.75) is 13.5 Å². The smallest absolute Gasteiger partial charge is 0.159 e. The Kier molecular flexibility index (Phi) is 3.72. The number of ketones is 1. The Morgan fingerprint density at radius 3 is 2.50 bits per heavy atom. The van der Waals surface area contributed by atoms with Gasteiger partial charge in [0.15, 0.2) is 5.78 Å². The van der Waals surface area contributed by atoms with Crippen LogP contribution < -0.4 is 5.32 Å². The largest absolute Gasteiger partial charge is 0.379 e. The van der Waals surface area contributed by atoms with Crippen LogP contribution in [0.4, 0.5) is 10.1 Å². The number of carbonyl (C=O) groups excluding carboxylic acids is 1. The molecule has 0 spiro atoms. The number of anilines is 1. The molecule has 0 aliphatic heterocycles. The van der Waals surface area contributed by atoms with Crippen LogP contribution in [0.3, 0.4) is 0 Å². The summed E-state index contributed by atoms with van der Waals surface area (Å²) in [5.74, 6) is -0.540. The molecule has 0 radical (unpaired) electrons. The molecule has 92 valence electrons. The Balaban J connectivity index is 2.08. The van der Waals surface area contributed by atoms with E-state index in [0.29, 0.717) is 17.8 Å². The lowest BCUT2D eigenvalue weighted by molar-refractivity contribution is 0.101. The highest BCUT2D eigenvalue weighted by Crippen LogP contribution is 2.17. The van der Waals surface area contributed by atoms with Gasteiger partial charge in [-0.25, -0.2) is 4.39 Å². The van der Waals surface area contributed by atoms with Crippen molar-refractivity contribution in [3.8, 4) is 0 Å². The summed E-state index contributed by atoms with van der Waals surface area (Å²) >= 11 is 0. The third kappa shape index (κ3) is 2.94. The van der Waals surface area contributed by atoms with Gasteiger partial charge in [-0.3, -0.25) is 4.79 Å². The molecule has 1 N–H and O–H groups in total. The van der Waals surface area contributed by atoms with Crippen LogP contribution in [0.2, 0.25) is 0 Å². The van der Waals surface area contributed by atoms with Crippen LogP contribution in [0.15, 0.2) is 48.5 Å². The fourth-order valence-electron chi connectivity index (χ4n) is 1.67. The average molecular weight is 243 g/mol. The van der Waals surface area contributed by atoms with Crippen molar-refractivity contribution < 1.29 is 9.18 Å². The molecule has 0 saturated carbocycles. The zero-order valence-corrected chi connectivity index (χ0v) is 10.1. The average Bonchev–Trinajstić information content (AvgIpc) is 2.38. The quantitative estimate of drug-likeness (QED) is 0.830. The van der Waals surface area contributed by atoms with Crippen LogP contribution in [0.25, 0.3) is 0 Å². The first-order chi connectivity index (χ1) is 8.66. The molecule has 0 bridgehead atoms. The lowest BCUT2D eigenvalue weighted by atomic mass is 10.1. The molecule has 0 aromatic heterocycles. The predicted octanol–water partition coefficient (Wildman–Crippen LogP) is 3.64. The van der Waals surface area contributed by atoms with E-state index in [-0.39, 0.29) is 5.78 Å². The summed E-state index contributed by atoms with van der Waals surface area (Å²) in [6.45, 7) is 1.98. The van der Waals surface area contributed by atoms with Crippen LogP contribution in [0.5, 0.6) is 0 Å². The van der Waals surface area contributed by atoms with Gasteiger partial charge in [0.05, 0.1) is 5.69 Å².